The molecule has 2 amide bonds. The van der Waals surface area contributed by atoms with E-state index in [4.69, 9.17) is 15.2 Å². The Balaban J connectivity index is 1.82. The van der Waals surface area contributed by atoms with Gasteiger partial charge in [0.1, 0.15) is 5.75 Å². The van der Waals surface area contributed by atoms with Crippen LogP contribution in [0, 0.1) is 5.92 Å². The van der Waals surface area contributed by atoms with E-state index < -0.39 is 5.97 Å². The van der Waals surface area contributed by atoms with Crippen molar-refractivity contribution in [3.63, 3.8) is 0 Å². The Morgan fingerprint density at radius 3 is 2.57 bits per heavy atom. The van der Waals surface area contributed by atoms with Crippen LogP contribution in [0.3, 0.4) is 0 Å². The zero-order valence-electron chi connectivity index (χ0n) is 13.0. The van der Waals surface area contributed by atoms with E-state index in [1.165, 1.54) is 7.11 Å². The van der Waals surface area contributed by atoms with Crippen molar-refractivity contribution in [1.82, 2.24) is 4.90 Å². The van der Waals surface area contributed by atoms with Gasteiger partial charge in [-0.1, -0.05) is 6.07 Å². The number of likely N-dealkylation sites (tertiary alicyclic amines) is 1. The third kappa shape index (κ3) is 4.45. The highest BCUT2D eigenvalue weighted by Crippen LogP contribution is 2.17. The molecule has 1 aliphatic heterocycles. The highest BCUT2D eigenvalue weighted by Gasteiger charge is 2.26. The summed E-state index contributed by atoms with van der Waals surface area (Å²) in [4.78, 5) is 36.6. The molecule has 7 heteroatoms. The Morgan fingerprint density at radius 2 is 1.96 bits per heavy atom. The predicted octanol–water partition coefficient (Wildman–Crippen LogP) is 0.576. The van der Waals surface area contributed by atoms with Gasteiger partial charge in [0, 0.05) is 19.0 Å². The fraction of sp³-hybridized carbons (Fsp3) is 0.438. The second kappa shape index (κ2) is 7.62. The number of nitrogens with zero attached hydrogens (tertiary/aromatic N) is 1. The van der Waals surface area contributed by atoms with Crippen LogP contribution in [0.5, 0.6) is 5.75 Å². The van der Waals surface area contributed by atoms with Gasteiger partial charge in [-0.2, -0.15) is 0 Å². The number of nitrogens with two attached hydrogens (primary N) is 1. The lowest BCUT2D eigenvalue weighted by Crippen LogP contribution is -2.43. The van der Waals surface area contributed by atoms with E-state index in [1.54, 1.807) is 29.2 Å². The second-order valence-corrected chi connectivity index (χ2v) is 5.37. The van der Waals surface area contributed by atoms with Gasteiger partial charge in [0.25, 0.3) is 5.91 Å². The number of hydrogen-bond donors (Lipinski definition) is 1. The first-order valence-corrected chi connectivity index (χ1v) is 7.39. The molecule has 0 saturated carbocycles. The second-order valence-electron chi connectivity index (χ2n) is 5.37. The Morgan fingerprint density at radius 1 is 1.26 bits per heavy atom. The van der Waals surface area contributed by atoms with E-state index in [1.807, 2.05) is 0 Å². The van der Waals surface area contributed by atoms with Gasteiger partial charge in [0.05, 0.1) is 12.7 Å². The Kier molecular flexibility index (Phi) is 5.56. The van der Waals surface area contributed by atoms with Crippen molar-refractivity contribution in [1.29, 1.82) is 0 Å². The quantitative estimate of drug-likeness (QED) is 0.800. The van der Waals surface area contributed by atoms with Crippen LogP contribution >= 0.6 is 0 Å². The number of rotatable bonds is 5. The summed E-state index contributed by atoms with van der Waals surface area (Å²) >= 11 is 0. The smallest absolute Gasteiger partial charge is 0.338 e. The number of esters is 1. The van der Waals surface area contributed by atoms with Crippen LogP contribution < -0.4 is 10.5 Å². The third-order valence-electron chi connectivity index (χ3n) is 3.88. The highest BCUT2D eigenvalue weighted by atomic mass is 16.5. The molecule has 1 aromatic rings. The number of piperidine rings is 1. The van der Waals surface area contributed by atoms with E-state index in [9.17, 15) is 14.4 Å². The Bertz CT molecular complexity index is 594. The van der Waals surface area contributed by atoms with Crippen molar-refractivity contribution < 1.29 is 23.9 Å². The van der Waals surface area contributed by atoms with Gasteiger partial charge < -0.3 is 20.1 Å². The van der Waals surface area contributed by atoms with Crippen molar-refractivity contribution in [2.45, 2.75) is 12.8 Å². The minimum absolute atomic E-state index is 0.182. The van der Waals surface area contributed by atoms with Gasteiger partial charge in [-0.05, 0) is 31.0 Å². The van der Waals surface area contributed by atoms with Gasteiger partial charge >= 0.3 is 5.97 Å². The summed E-state index contributed by atoms with van der Waals surface area (Å²) in [7, 11) is 1.50. The molecule has 1 aliphatic rings. The molecule has 23 heavy (non-hydrogen) atoms. The van der Waals surface area contributed by atoms with Gasteiger partial charge in [0.2, 0.25) is 5.91 Å². The van der Waals surface area contributed by atoms with Gasteiger partial charge in [0.15, 0.2) is 6.61 Å². The SMILES string of the molecule is COc1cccc(C(=O)OCC(=O)N2CCC(C(N)=O)CC2)c1. The summed E-state index contributed by atoms with van der Waals surface area (Å²) in [5, 5.41) is 0. The number of ether oxygens (including phenoxy) is 2. The molecule has 1 aromatic carbocycles. The summed E-state index contributed by atoms with van der Waals surface area (Å²) < 4.78 is 10.1. The normalized spacial score (nSPS) is 15.1. The molecule has 0 aromatic heterocycles. The highest BCUT2D eigenvalue weighted by molar-refractivity contribution is 5.91. The summed E-state index contributed by atoms with van der Waals surface area (Å²) in [6, 6.07) is 6.52. The molecule has 0 atom stereocenters. The molecule has 124 valence electrons. The van der Waals surface area contributed by atoms with E-state index in [0.29, 0.717) is 37.2 Å². The predicted molar refractivity (Wildman–Crippen MR) is 81.8 cm³/mol. The molecule has 1 heterocycles. The molecule has 1 fully saturated rings. The zero-order chi connectivity index (χ0) is 16.8. The maximum atomic E-state index is 12.0. The molecule has 2 N–H and O–H groups in total. The van der Waals surface area contributed by atoms with Crippen molar-refractivity contribution in [2.75, 3.05) is 26.8 Å². The van der Waals surface area contributed by atoms with E-state index in [0.717, 1.165) is 0 Å². The van der Waals surface area contributed by atoms with Crippen LogP contribution in [-0.2, 0) is 14.3 Å². The molecule has 1 saturated heterocycles. The number of methoxy groups -OCH3 is 1. The van der Waals surface area contributed by atoms with Crippen LogP contribution in [0.25, 0.3) is 0 Å². The van der Waals surface area contributed by atoms with E-state index in [2.05, 4.69) is 0 Å². The number of benzene rings is 1. The summed E-state index contributed by atoms with van der Waals surface area (Å²) in [5.41, 5.74) is 5.58. The average molecular weight is 320 g/mol. The fourth-order valence-corrected chi connectivity index (χ4v) is 2.47. The molecular weight excluding hydrogens is 300 g/mol. The maximum absolute atomic E-state index is 12.0. The molecule has 0 bridgehead atoms. The van der Waals surface area contributed by atoms with Gasteiger partial charge in [-0.25, -0.2) is 4.79 Å². The number of amides is 2. The molecule has 0 aliphatic carbocycles. The summed E-state index contributed by atoms with van der Waals surface area (Å²) in [6.07, 6.45) is 1.09. The first kappa shape index (κ1) is 16.8. The van der Waals surface area contributed by atoms with Gasteiger partial charge in [-0.15, -0.1) is 0 Å². The standard InChI is InChI=1S/C16H20N2O5/c1-22-13-4-2-3-12(9-13)16(21)23-10-14(19)18-7-5-11(6-8-18)15(17)20/h2-4,9,11H,5-8,10H2,1H3,(H2,17,20). The number of carbonyl (C=O) groups excluding carboxylic acids is 3. The van der Waals surface area contributed by atoms with Crippen molar-refractivity contribution in [3.05, 3.63) is 29.8 Å². The van der Waals surface area contributed by atoms with Gasteiger partial charge in [-0.3, -0.25) is 9.59 Å². The molecule has 0 radical (unpaired) electrons. The van der Waals surface area contributed by atoms with Crippen LogP contribution in [0.1, 0.15) is 23.2 Å². The monoisotopic (exact) mass is 320 g/mol. The average Bonchev–Trinajstić information content (AvgIpc) is 2.59. The largest absolute Gasteiger partial charge is 0.497 e. The number of hydrogen-bond acceptors (Lipinski definition) is 5. The molecule has 2 rings (SSSR count). The fourth-order valence-electron chi connectivity index (χ4n) is 2.47. The molecule has 0 unspecified atom stereocenters. The molecule has 7 nitrogen and oxygen atoms in total. The topological polar surface area (TPSA) is 98.9 Å². The summed E-state index contributed by atoms with van der Waals surface area (Å²) in [5.74, 6) is -0.826. The van der Waals surface area contributed by atoms with Crippen LogP contribution in [0.15, 0.2) is 24.3 Å². The summed E-state index contributed by atoms with van der Waals surface area (Å²) in [6.45, 7) is 0.573. The first-order valence-electron chi connectivity index (χ1n) is 7.39. The zero-order valence-corrected chi connectivity index (χ0v) is 13.0. The third-order valence-corrected chi connectivity index (χ3v) is 3.88. The first-order chi connectivity index (χ1) is 11.0. The van der Waals surface area contributed by atoms with Crippen LogP contribution in [0.2, 0.25) is 0 Å². The maximum Gasteiger partial charge on any atom is 0.338 e. The lowest BCUT2D eigenvalue weighted by Gasteiger charge is -2.30. The van der Waals surface area contributed by atoms with Crippen molar-refractivity contribution in [2.24, 2.45) is 11.7 Å². The Labute approximate surface area is 134 Å². The van der Waals surface area contributed by atoms with E-state index >= 15 is 0 Å². The minimum atomic E-state index is -0.579. The van der Waals surface area contributed by atoms with Crippen LogP contribution in [0.4, 0.5) is 0 Å². The lowest BCUT2D eigenvalue weighted by molar-refractivity contribution is -0.137. The number of primary amides is 1. The van der Waals surface area contributed by atoms with Crippen molar-refractivity contribution in [3.8, 4) is 5.75 Å². The molecular formula is C16H20N2O5. The molecule has 0 spiro atoms. The van der Waals surface area contributed by atoms with E-state index in [-0.39, 0.29) is 24.3 Å². The minimum Gasteiger partial charge on any atom is -0.497 e. The number of carbonyl (C=O) groups is 3. The van der Waals surface area contributed by atoms with Crippen molar-refractivity contribution >= 4 is 17.8 Å². The lowest BCUT2D eigenvalue weighted by atomic mass is 9.96. The Hall–Kier alpha value is -2.57. The van der Waals surface area contributed by atoms with Crippen LogP contribution in [-0.4, -0.2) is 49.5 Å².